The average molecular weight is 1470 g/mol. The summed E-state index contributed by atoms with van der Waals surface area (Å²) >= 11 is 0. The summed E-state index contributed by atoms with van der Waals surface area (Å²) in [7, 11) is -9.92. The van der Waals surface area contributed by atoms with Crippen molar-refractivity contribution < 1.29 is 80.2 Å². The van der Waals surface area contributed by atoms with Crippen LogP contribution in [0.2, 0.25) is 0 Å². The van der Waals surface area contributed by atoms with Crippen LogP contribution in [-0.4, -0.2) is 96.7 Å². The number of aliphatic hydroxyl groups excluding tert-OH is 1. The maximum Gasteiger partial charge on any atom is 0.472 e. The number of phosphoric acid groups is 2. The van der Waals surface area contributed by atoms with Gasteiger partial charge in [-0.15, -0.1) is 0 Å². The minimum Gasteiger partial charge on any atom is -0.462 e. The molecule has 0 aliphatic rings. The minimum absolute atomic E-state index is 0.108. The molecule has 5 atom stereocenters. The maximum atomic E-state index is 13.1. The van der Waals surface area contributed by atoms with Crippen molar-refractivity contribution >= 4 is 39.5 Å². The molecule has 0 fully saturated rings. The lowest BCUT2D eigenvalue weighted by Crippen LogP contribution is -2.30. The van der Waals surface area contributed by atoms with Gasteiger partial charge in [-0.1, -0.05) is 375 Å². The summed E-state index contributed by atoms with van der Waals surface area (Å²) in [6.07, 6.45) is 62.4. The van der Waals surface area contributed by atoms with Crippen molar-refractivity contribution in [2.45, 2.75) is 445 Å². The van der Waals surface area contributed by atoms with E-state index in [4.69, 9.17) is 37.0 Å². The first kappa shape index (κ1) is 98.1. The standard InChI is InChI=1S/C81H158O17P2/c1-7-9-11-13-15-17-19-27-35-41-47-53-59-65-80(85)97-76(69-91-78(83)63-57-51-45-39-18-16-14-12-10-8-2)71-95-99(87,88)93-67-75(82)68-94-100(89,90)96-72-77(70-92-79(84)64-58-52-46-40-34-31-26-29-33-38-44-50-56-62-74(5)6)98-81(86)66-60-54-48-42-36-30-25-23-21-20-22-24-28-32-37-43-49-55-61-73(3)4/h73-77,82H,7-72H2,1-6H3,(H,87,88)(H,89,90)/t75-,76+,77+/m0/s1. The molecule has 0 saturated carbocycles. The number of hydrogen-bond acceptors (Lipinski definition) is 15. The molecule has 0 aromatic heterocycles. The summed E-state index contributed by atoms with van der Waals surface area (Å²) in [5.74, 6) is -0.496. The van der Waals surface area contributed by atoms with Gasteiger partial charge in [-0.05, 0) is 37.5 Å². The van der Waals surface area contributed by atoms with Gasteiger partial charge in [-0.25, -0.2) is 9.13 Å². The van der Waals surface area contributed by atoms with Crippen molar-refractivity contribution in [1.82, 2.24) is 0 Å². The number of esters is 4. The molecule has 0 amide bonds. The van der Waals surface area contributed by atoms with Crippen LogP contribution in [0.15, 0.2) is 0 Å². The normalized spacial score (nSPS) is 13.9. The van der Waals surface area contributed by atoms with Crippen LogP contribution < -0.4 is 0 Å². The third-order valence-corrected chi connectivity index (χ3v) is 20.9. The van der Waals surface area contributed by atoms with E-state index in [0.717, 1.165) is 102 Å². The molecule has 0 aliphatic carbocycles. The Morgan fingerprint density at radius 3 is 0.680 bits per heavy atom. The number of carbonyl (C=O) groups is 4. The molecule has 17 nitrogen and oxygen atoms in total. The highest BCUT2D eigenvalue weighted by atomic mass is 31.2. The van der Waals surface area contributed by atoms with Gasteiger partial charge < -0.3 is 33.8 Å². The Kier molecular flexibility index (Phi) is 71.2. The van der Waals surface area contributed by atoms with Crippen molar-refractivity contribution in [1.29, 1.82) is 0 Å². The number of hydrogen-bond donors (Lipinski definition) is 3. The third kappa shape index (κ3) is 74.3. The Balaban J connectivity index is 5.22. The Hall–Kier alpha value is -1.94. The van der Waals surface area contributed by atoms with Gasteiger partial charge in [0.15, 0.2) is 12.2 Å². The summed E-state index contributed by atoms with van der Waals surface area (Å²) < 4.78 is 68.7. The highest BCUT2D eigenvalue weighted by Gasteiger charge is 2.30. The molecule has 0 heterocycles. The zero-order valence-corrected chi connectivity index (χ0v) is 67.3. The van der Waals surface area contributed by atoms with Crippen LogP contribution in [0.1, 0.15) is 427 Å². The minimum atomic E-state index is -4.96. The largest absolute Gasteiger partial charge is 0.472 e. The van der Waals surface area contributed by atoms with Gasteiger partial charge in [0.1, 0.15) is 19.3 Å². The van der Waals surface area contributed by atoms with Crippen molar-refractivity contribution in [2.24, 2.45) is 11.8 Å². The zero-order valence-electron chi connectivity index (χ0n) is 65.5. The number of ether oxygens (including phenoxy) is 4. The smallest absolute Gasteiger partial charge is 0.462 e. The van der Waals surface area contributed by atoms with Gasteiger partial charge in [0.05, 0.1) is 26.4 Å². The van der Waals surface area contributed by atoms with E-state index < -0.39 is 97.5 Å². The first-order chi connectivity index (χ1) is 48.4. The number of rotatable bonds is 80. The molecule has 100 heavy (non-hydrogen) atoms. The van der Waals surface area contributed by atoms with Crippen LogP contribution in [0.3, 0.4) is 0 Å². The number of phosphoric ester groups is 2. The quantitative estimate of drug-likeness (QED) is 0.0222. The van der Waals surface area contributed by atoms with Crippen molar-refractivity contribution in [3.8, 4) is 0 Å². The molecule has 0 aromatic carbocycles. The predicted molar refractivity (Wildman–Crippen MR) is 409 cm³/mol. The maximum absolute atomic E-state index is 13.1. The molecule has 0 spiro atoms. The number of unbranched alkanes of at least 4 members (excludes halogenated alkanes) is 50. The van der Waals surface area contributed by atoms with Gasteiger partial charge in [0, 0.05) is 25.7 Å². The van der Waals surface area contributed by atoms with E-state index in [2.05, 4.69) is 41.5 Å². The monoisotopic (exact) mass is 1470 g/mol. The molecule has 0 bridgehead atoms. The van der Waals surface area contributed by atoms with Gasteiger partial charge >= 0.3 is 39.5 Å². The van der Waals surface area contributed by atoms with E-state index in [1.54, 1.807) is 0 Å². The summed E-state index contributed by atoms with van der Waals surface area (Å²) in [6, 6.07) is 0. The van der Waals surface area contributed by atoms with E-state index in [0.29, 0.717) is 25.7 Å². The van der Waals surface area contributed by atoms with E-state index in [1.807, 2.05) is 0 Å². The van der Waals surface area contributed by atoms with Crippen LogP contribution in [-0.2, 0) is 65.4 Å². The predicted octanol–water partition coefficient (Wildman–Crippen LogP) is 24.3. The number of carbonyl (C=O) groups excluding carboxylic acids is 4. The molecule has 0 aliphatic heterocycles. The fourth-order valence-electron chi connectivity index (χ4n) is 12.5. The van der Waals surface area contributed by atoms with Crippen molar-refractivity contribution in [3.63, 3.8) is 0 Å². The first-order valence-corrected chi connectivity index (χ1v) is 45.0. The molecule has 19 heteroatoms. The Bertz CT molecular complexity index is 1920. The van der Waals surface area contributed by atoms with Gasteiger partial charge in [0.2, 0.25) is 0 Å². The first-order valence-electron chi connectivity index (χ1n) is 42.0. The molecule has 3 N–H and O–H groups in total. The second-order valence-electron chi connectivity index (χ2n) is 30.1. The van der Waals surface area contributed by atoms with Crippen LogP contribution in [0.25, 0.3) is 0 Å². The molecule has 0 aromatic rings. The van der Waals surface area contributed by atoms with Gasteiger partial charge in [0.25, 0.3) is 0 Å². The molecule has 594 valence electrons. The molecule has 2 unspecified atom stereocenters. The molecular formula is C81H158O17P2. The lowest BCUT2D eigenvalue weighted by Gasteiger charge is -2.21. The second kappa shape index (κ2) is 72.6. The van der Waals surface area contributed by atoms with Gasteiger partial charge in [-0.2, -0.15) is 0 Å². The summed E-state index contributed by atoms with van der Waals surface area (Å²) in [5, 5.41) is 10.6. The van der Waals surface area contributed by atoms with Crippen LogP contribution in [0.4, 0.5) is 0 Å². The Morgan fingerprint density at radius 1 is 0.270 bits per heavy atom. The van der Waals surface area contributed by atoms with E-state index >= 15 is 0 Å². The zero-order chi connectivity index (χ0) is 73.5. The second-order valence-corrected chi connectivity index (χ2v) is 33.0. The van der Waals surface area contributed by atoms with Gasteiger partial charge in [-0.3, -0.25) is 37.3 Å². The fraction of sp³-hybridized carbons (Fsp3) is 0.951. The molecule has 0 radical (unpaired) electrons. The third-order valence-electron chi connectivity index (χ3n) is 19.0. The molecule has 0 saturated heterocycles. The van der Waals surface area contributed by atoms with Crippen LogP contribution >= 0.6 is 15.6 Å². The van der Waals surface area contributed by atoms with E-state index in [-0.39, 0.29) is 25.7 Å². The lowest BCUT2D eigenvalue weighted by atomic mass is 10.0. The summed E-state index contributed by atoms with van der Waals surface area (Å²) in [5.41, 5.74) is 0. The molecular weight excluding hydrogens is 1310 g/mol. The van der Waals surface area contributed by atoms with Crippen molar-refractivity contribution in [2.75, 3.05) is 39.6 Å². The van der Waals surface area contributed by atoms with E-state index in [1.165, 1.54) is 244 Å². The summed E-state index contributed by atoms with van der Waals surface area (Å²) in [6.45, 7) is 9.68. The topological polar surface area (TPSA) is 237 Å². The Morgan fingerprint density at radius 2 is 0.460 bits per heavy atom. The Labute approximate surface area is 613 Å². The molecule has 0 rings (SSSR count). The van der Waals surface area contributed by atoms with Crippen LogP contribution in [0, 0.1) is 11.8 Å². The fourth-order valence-corrected chi connectivity index (χ4v) is 14.1. The average Bonchev–Trinajstić information content (AvgIpc) is 0.931. The highest BCUT2D eigenvalue weighted by Crippen LogP contribution is 2.45. The highest BCUT2D eigenvalue weighted by molar-refractivity contribution is 7.47. The van der Waals surface area contributed by atoms with E-state index in [9.17, 15) is 43.2 Å². The van der Waals surface area contributed by atoms with Crippen LogP contribution in [0.5, 0.6) is 0 Å². The summed E-state index contributed by atoms with van der Waals surface area (Å²) in [4.78, 5) is 73.0. The SMILES string of the molecule is CCCCCCCCCCCCCCCC(=O)O[C@H](COC(=O)CCCCCCCCCCCC)COP(=O)(O)OC[C@H](O)COP(=O)(O)OC[C@@H](COC(=O)CCCCCCCCCCCCCCCC(C)C)OC(=O)CCCCCCCCCCCCCCCCCCCCC(C)C. The van der Waals surface area contributed by atoms with Crippen molar-refractivity contribution in [3.05, 3.63) is 0 Å². The lowest BCUT2D eigenvalue weighted by molar-refractivity contribution is -0.161. The number of aliphatic hydroxyl groups is 1.